The van der Waals surface area contributed by atoms with E-state index in [4.69, 9.17) is 4.74 Å². The topological polar surface area (TPSA) is 78.9 Å². The molecule has 154 valence electrons. The van der Waals surface area contributed by atoms with E-state index in [2.05, 4.69) is 8.92 Å². The molecule has 0 aliphatic rings. The van der Waals surface area contributed by atoms with Gasteiger partial charge in [-0.2, -0.15) is 21.6 Å². The van der Waals surface area contributed by atoms with Gasteiger partial charge >= 0.3 is 21.8 Å². The van der Waals surface area contributed by atoms with Crippen LogP contribution < -0.4 is 4.74 Å². The van der Waals surface area contributed by atoms with Crippen LogP contribution in [0.15, 0.2) is 59.5 Å². The van der Waals surface area contributed by atoms with Gasteiger partial charge in [-0.25, -0.2) is 4.79 Å². The first-order valence-corrected chi connectivity index (χ1v) is 10.1. The first kappa shape index (κ1) is 23.8. The van der Waals surface area contributed by atoms with Gasteiger partial charge in [-0.15, -0.1) is 11.8 Å². The van der Waals surface area contributed by atoms with Crippen LogP contribution in [0.1, 0.15) is 5.56 Å². The van der Waals surface area contributed by atoms with Crippen LogP contribution in [-0.4, -0.2) is 33.4 Å². The predicted octanol–water partition coefficient (Wildman–Crippen LogP) is 4.61. The lowest BCUT2D eigenvalue weighted by atomic mass is 10.2. The number of benzene rings is 2. The van der Waals surface area contributed by atoms with E-state index < -0.39 is 28.4 Å². The maximum Gasteiger partial charge on any atom is 0.523 e. The van der Waals surface area contributed by atoms with Crippen molar-refractivity contribution in [2.45, 2.75) is 17.0 Å². The summed E-state index contributed by atoms with van der Waals surface area (Å²) in [5.41, 5.74) is -5.02. The Labute approximate surface area is 164 Å². The molecular formula is C17H17F3O6S2. The number of rotatable bonds is 5. The SMILES string of the molecule is COC(=O)Oc1ccc(SC)cc1.O=S(=O)(OCc1ccccc1)C(F)(F)F. The molecule has 0 N–H and O–H groups in total. The number of carbonyl (C=O) groups is 1. The van der Waals surface area contributed by atoms with E-state index in [-0.39, 0.29) is 0 Å². The standard InChI is InChI=1S/C9H10O3S.C8H7F3O3S/c1-11-9(10)12-7-3-5-8(13-2)6-4-7;9-8(10,11)15(12,13)14-6-7-4-2-1-3-5-7/h3-6H,1-2H3;1-5H,6H2. The summed E-state index contributed by atoms with van der Waals surface area (Å²) in [4.78, 5) is 11.8. The van der Waals surface area contributed by atoms with Gasteiger partial charge in [0.05, 0.1) is 13.7 Å². The summed E-state index contributed by atoms with van der Waals surface area (Å²) in [6, 6.07) is 14.9. The highest BCUT2D eigenvalue weighted by Gasteiger charge is 2.47. The van der Waals surface area contributed by atoms with Crippen molar-refractivity contribution in [3.8, 4) is 5.75 Å². The van der Waals surface area contributed by atoms with Gasteiger partial charge in [0.15, 0.2) is 0 Å². The average molecular weight is 438 g/mol. The van der Waals surface area contributed by atoms with Gasteiger partial charge in [0, 0.05) is 4.90 Å². The third kappa shape index (κ3) is 8.19. The van der Waals surface area contributed by atoms with Gasteiger partial charge < -0.3 is 9.47 Å². The number of methoxy groups -OCH3 is 1. The van der Waals surface area contributed by atoms with Crippen molar-refractivity contribution in [2.75, 3.05) is 13.4 Å². The second-order valence-corrected chi connectivity index (χ2v) is 7.37. The van der Waals surface area contributed by atoms with E-state index in [1.165, 1.54) is 19.2 Å². The molecule has 0 atom stereocenters. The molecule has 0 amide bonds. The summed E-state index contributed by atoms with van der Waals surface area (Å²) >= 11 is 1.63. The Kier molecular flexibility index (Phi) is 9.29. The fourth-order valence-electron chi connectivity index (χ4n) is 1.57. The van der Waals surface area contributed by atoms with Gasteiger partial charge in [0.1, 0.15) is 5.75 Å². The Balaban J connectivity index is 0.000000283. The molecule has 0 spiro atoms. The molecule has 0 saturated carbocycles. The Bertz CT molecular complexity index is 837. The van der Waals surface area contributed by atoms with Crippen molar-refractivity contribution in [1.82, 2.24) is 0 Å². The van der Waals surface area contributed by atoms with E-state index in [1.807, 2.05) is 18.4 Å². The lowest BCUT2D eigenvalue weighted by Gasteiger charge is -2.07. The molecule has 0 fully saturated rings. The number of hydrogen-bond donors (Lipinski definition) is 0. The molecule has 11 heteroatoms. The Morgan fingerprint density at radius 3 is 2.07 bits per heavy atom. The molecule has 2 rings (SSSR count). The third-order valence-corrected chi connectivity index (χ3v) is 4.67. The maximum atomic E-state index is 11.8. The van der Waals surface area contributed by atoms with E-state index >= 15 is 0 Å². The zero-order chi connectivity index (χ0) is 21.2. The molecule has 0 aliphatic carbocycles. The molecular weight excluding hydrogens is 421 g/mol. The Hall–Kier alpha value is -2.24. The molecule has 6 nitrogen and oxygen atoms in total. The molecule has 2 aromatic rings. The first-order chi connectivity index (χ1) is 13.1. The van der Waals surface area contributed by atoms with Crippen LogP contribution in [0.25, 0.3) is 0 Å². The number of hydrogen-bond acceptors (Lipinski definition) is 7. The highest BCUT2D eigenvalue weighted by molar-refractivity contribution is 7.98. The monoisotopic (exact) mass is 438 g/mol. The minimum Gasteiger partial charge on any atom is -0.437 e. The summed E-state index contributed by atoms with van der Waals surface area (Å²) in [5, 5.41) is 0. The largest absolute Gasteiger partial charge is 0.523 e. The van der Waals surface area contributed by atoms with Crippen LogP contribution in [0.4, 0.5) is 18.0 Å². The van der Waals surface area contributed by atoms with Crippen LogP contribution in [0.3, 0.4) is 0 Å². The second kappa shape index (κ2) is 10.9. The van der Waals surface area contributed by atoms with E-state index in [9.17, 15) is 26.4 Å². The van der Waals surface area contributed by atoms with E-state index in [0.29, 0.717) is 11.3 Å². The average Bonchev–Trinajstić information content (AvgIpc) is 2.67. The zero-order valence-corrected chi connectivity index (χ0v) is 16.4. The van der Waals surface area contributed by atoms with Crippen LogP contribution in [0.5, 0.6) is 5.75 Å². The van der Waals surface area contributed by atoms with Crippen molar-refractivity contribution < 1.29 is 40.0 Å². The Morgan fingerprint density at radius 1 is 1.04 bits per heavy atom. The van der Waals surface area contributed by atoms with Crippen LogP contribution in [0, 0.1) is 0 Å². The van der Waals surface area contributed by atoms with Crippen molar-refractivity contribution in [1.29, 1.82) is 0 Å². The quantitative estimate of drug-likeness (QED) is 0.222. The van der Waals surface area contributed by atoms with Gasteiger partial charge in [0.25, 0.3) is 0 Å². The number of halogens is 3. The van der Waals surface area contributed by atoms with Crippen molar-refractivity contribution in [3.05, 3.63) is 60.2 Å². The minimum atomic E-state index is -5.50. The van der Waals surface area contributed by atoms with Gasteiger partial charge in [-0.05, 0) is 36.1 Å². The zero-order valence-electron chi connectivity index (χ0n) is 14.8. The number of ether oxygens (including phenoxy) is 2. The van der Waals surface area contributed by atoms with E-state index in [1.54, 1.807) is 42.1 Å². The van der Waals surface area contributed by atoms with E-state index in [0.717, 1.165) is 4.90 Å². The number of alkyl halides is 3. The minimum absolute atomic E-state index is 0.352. The highest BCUT2D eigenvalue weighted by Crippen LogP contribution is 2.25. The molecule has 0 aliphatic heterocycles. The fourth-order valence-corrected chi connectivity index (χ4v) is 2.40. The molecule has 0 unspecified atom stereocenters. The fraction of sp³-hybridized carbons (Fsp3) is 0.235. The lowest BCUT2D eigenvalue weighted by Crippen LogP contribution is -2.25. The first-order valence-electron chi connectivity index (χ1n) is 7.48. The lowest BCUT2D eigenvalue weighted by molar-refractivity contribution is -0.0547. The van der Waals surface area contributed by atoms with Gasteiger partial charge in [-0.3, -0.25) is 4.18 Å². The highest BCUT2D eigenvalue weighted by atomic mass is 32.2. The normalized spacial score (nSPS) is 11.2. The summed E-state index contributed by atoms with van der Waals surface area (Å²) in [6.45, 7) is -0.622. The maximum absolute atomic E-state index is 11.8. The summed E-state index contributed by atoms with van der Waals surface area (Å²) < 4.78 is 69.4. The van der Waals surface area contributed by atoms with Gasteiger partial charge in [0.2, 0.25) is 0 Å². The molecule has 0 bridgehead atoms. The number of carbonyl (C=O) groups excluding carboxylic acids is 1. The second-order valence-electron chi connectivity index (χ2n) is 4.88. The molecule has 0 aromatic heterocycles. The van der Waals surface area contributed by atoms with Crippen molar-refractivity contribution in [2.24, 2.45) is 0 Å². The molecule has 0 saturated heterocycles. The summed E-state index contributed by atoms with van der Waals surface area (Å²) in [7, 11) is -4.22. The van der Waals surface area contributed by atoms with Crippen LogP contribution >= 0.6 is 11.8 Å². The molecule has 0 radical (unpaired) electrons. The van der Waals surface area contributed by atoms with Gasteiger partial charge in [-0.1, -0.05) is 30.3 Å². The third-order valence-electron chi connectivity index (χ3n) is 2.93. The van der Waals surface area contributed by atoms with Crippen LogP contribution in [-0.2, 0) is 25.6 Å². The smallest absolute Gasteiger partial charge is 0.437 e. The summed E-state index contributed by atoms with van der Waals surface area (Å²) in [5.74, 6) is 0.490. The van der Waals surface area contributed by atoms with Crippen molar-refractivity contribution in [3.63, 3.8) is 0 Å². The molecule has 0 heterocycles. The predicted molar refractivity (Wildman–Crippen MR) is 97.5 cm³/mol. The number of thioether (sulfide) groups is 1. The van der Waals surface area contributed by atoms with Crippen LogP contribution in [0.2, 0.25) is 0 Å². The summed E-state index contributed by atoms with van der Waals surface area (Å²) in [6.07, 6.45) is 1.28. The van der Waals surface area contributed by atoms with Crippen molar-refractivity contribution >= 4 is 28.0 Å². The molecule has 2 aromatic carbocycles. The Morgan fingerprint density at radius 2 is 1.61 bits per heavy atom. The molecule has 28 heavy (non-hydrogen) atoms.